The minimum Gasteiger partial charge on any atom is -0.323 e. The van der Waals surface area contributed by atoms with E-state index in [-0.39, 0.29) is 12.4 Å². The monoisotopic (exact) mass is 125 g/mol. The number of carbonyl (C=O) groups is 1. The van der Waals surface area contributed by atoms with Crippen LogP contribution < -0.4 is 5.32 Å². The van der Waals surface area contributed by atoms with Crippen molar-refractivity contribution >= 4 is 18.7 Å². The molecule has 0 aromatic heterocycles. The van der Waals surface area contributed by atoms with E-state index in [4.69, 9.17) is 4.79 Å². The Morgan fingerprint density at radius 1 is 1.43 bits per heavy atom. The fraction of sp³-hybridized carbons (Fsp3) is 0.750. The van der Waals surface area contributed by atoms with Gasteiger partial charge in [0.25, 0.3) is 0 Å². The Morgan fingerprint density at radius 3 is 1.43 bits per heavy atom. The molecule has 0 radical (unpaired) electrons. The lowest BCUT2D eigenvalue weighted by molar-refractivity contribution is -0.106. The highest BCUT2D eigenvalue weighted by Gasteiger charge is 1.25. The second-order valence-corrected chi connectivity index (χ2v) is 0.736. The van der Waals surface area contributed by atoms with Gasteiger partial charge in [-0.2, -0.15) is 0 Å². The molecule has 2 nitrogen and oxygen atoms in total. The molecule has 0 aliphatic rings. The standard InChI is InChI=1S/C2H7N.C2H4O.ClH/c1-3-2;1-2-3;/h3H,1-2H3;2H,1H3;1H. The normalized spacial score (nSPS) is 4.43. The molecule has 1 N–H and O–H groups in total. The lowest BCUT2D eigenvalue weighted by atomic mass is 11.0. The predicted octanol–water partition coefficient (Wildman–Crippen LogP) is 0.463. The van der Waals surface area contributed by atoms with Gasteiger partial charge >= 0.3 is 0 Å². The topological polar surface area (TPSA) is 29.1 Å². The molecule has 7 heavy (non-hydrogen) atoms. The zero-order valence-corrected chi connectivity index (χ0v) is 5.71. The minimum absolute atomic E-state index is 0. The molecule has 0 rings (SSSR count). The van der Waals surface area contributed by atoms with E-state index in [1.807, 2.05) is 14.1 Å². The molecule has 0 aromatic rings. The summed E-state index contributed by atoms with van der Waals surface area (Å²) in [6.45, 7) is 1.44. The van der Waals surface area contributed by atoms with Crippen molar-refractivity contribution in [1.82, 2.24) is 5.32 Å². The number of aldehydes is 1. The van der Waals surface area contributed by atoms with E-state index in [1.54, 1.807) is 0 Å². The van der Waals surface area contributed by atoms with Gasteiger partial charge in [0.15, 0.2) is 0 Å². The third-order valence-electron chi connectivity index (χ3n) is 0. The largest absolute Gasteiger partial charge is 0.323 e. The maximum atomic E-state index is 8.81. The van der Waals surface area contributed by atoms with Gasteiger partial charge in [-0.05, 0) is 21.0 Å². The molecule has 0 fully saturated rings. The number of hydrogen-bond donors (Lipinski definition) is 1. The Morgan fingerprint density at radius 2 is 1.43 bits per heavy atom. The highest BCUT2D eigenvalue weighted by atomic mass is 35.5. The average Bonchev–Trinajstić information content (AvgIpc) is 1.39. The predicted molar refractivity (Wildman–Crippen MR) is 34.0 cm³/mol. The van der Waals surface area contributed by atoms with E-state index in [2.05, 4.69) is 5.32 Å². The van der Waals surface area contributed by atoms with Crippen LogP contribution >= 0.6 is 12.4 Å². The van der Waals surface area contributed by atoms with Gasteiger partial charge in [0.05, 0.1) is 0 Å². The molecule has 0 saturated heterocycles. The molecule has 0 amide bonds. The fourth-order valence-corrected chi connectivity index (χ4v) is 0. The summed E-state index contributed by atoms with van der Waals surface area (Å²) >= 11 is 0. The van der Waals surface area contributed by atoms with Crippen molar-refractivity contribution in [3.05, 3.63) is 0 Å². The summed E-state index contributed by atoms with van der Waals surface area (Å²) in [7, 11) is 3.75. The Hall–Kier alpha value is -0.0800. The molecule has 0 aromatic carbocycles. The summed E-state index contributed by atoms with van der Waals surface area (Å²) in [5, 5.41) is 2.75. The van der Waals surface area contributed by atoms with Crippen molar-refractivity contribution < 1.29 is 4.79 Å². The molecule has 0 heterocycles. The first-order chi connectivity index (χ1) is 2.83. The number of nitrogens with one attached hydrogen (secondary N) is 1. The first kappa shape index (κ1) is 15.8. The summed E-state index contributed by atoms with van der Waals surface area (Å²) in [5.41, 5.74) is 0. The van der Waals surface area contributed by atoms with E-state index in [1.165, 1.54) is 6.92 Å². The van der Waals surface area contributed by atoms with Crippen molar-refractivity contribution in [2.75, 3.05) is 14.1 Å². The van der Waals surface area contributed by atoms with Crippen LogP contribution in [0.5, 0.6) is 0 Å². The van der Waals surface area contributed by atoms with E-state index < -0.39 is 0 Å². The number of hydrogen-bond acceptors (Lipinski definition) is 2. The second-order valence-electron chi connectivity index (χ2n) is 0.736. The summed E-state index contributed by atoms with van der Waals surface area (Å²) < 4.78 is 0. The molecule has 0 bridgehead atoms. The molecule has 0 atom stereocenters. The van der Waals surface area contributed by atoms with Gasteiger partial charge in [-0.3, -0.25) is 0 Å². The first-order valence-corrected chi connectivity index (χ1v) is 1.81. The zero-order chi connectivity index (χ0) is 5.41. The van der Waals surface area contributed by atoms with Crippen molar-refractivity contribution in [2.24, 2.45) is 0 Å². The van der Waals surface area contributed by atoms with Crippen LogP contribution in [0.2, 0.25) is 0 Å². The van der Waals surface area contributed by atoms with E-state index in [0.717, 1.165) is 6.29 Å². The van der Waals surface area contributed by atoms with Crippen LogP contribution in [-0.2, 0) is 4.79 Å². The van der Waals surface area contributed by atoms with Gasteiger partial charge in [-0.25, -0.2) is 0 Å². The molecule has 3 heteroatoms. The SMILES string of the molecule is CC=O.CNC.Cl. The lowest BCUT2D eigenvalue weighted by Crippen LogP contribution is -1.89. The molecule has 0 aliphatic carbocycles. The number of rotatable bonds is 0. The van der Waals surface area contributed by atoms with Gasteiger partial charge in [0, 0.05) is 0 Å². The molecule has 0 saturated carbocycles. The van der Waals surface area contributed by atoms with Gasteiger partial charge in [0.1, 0.15) is 6.29 Å². The van der Waals surface area contributed by atoms with Crippen LogP contribution in [0.1, 0.15) is 6.92 Å². The van der Waals surface area contributed by atoms with Crippen molar-refractivity contribution in [1.29, 1.82) is 0 Å². The van der Waals surface area contributed by atoms with Gasteiger partial charge in [-0.15, -0.1) is 12.4 Å². The van der Waals surface area contributed by atoms with Gasteiger partial charge in [0.2, 0.25) is 0 Å². The average molecular weight is 126 g/mol. The zero-order valence-electron chi connectivity index (χ0n) is 4.89. The molecule has 0 spiro atoms. The summed E-state index contributed by atoms with van der Waals surface area (Å²) in [6, 6.07) is 0. The molecule has 46 valence electrons. The molecular formula is C4H12ClNO. The van der Waals surface area contributed by atoms with Crippen LogP contribution in [0.25, 0.3) is 0 Å². The quantitative estimate of drug-likeness (QED) is 0.477. The van der Waals surface area contributed by atoms with Crippen LogP contribution in [0.4, 0.5) is 0 Å². The van der Waals surface area contributed by atoms with Crippen LogP contribution in [0, 0.1) is 0 Å². The van der Waals surface area contributed by atoms with Gasteiger partial charge in [-0.1, -0.05) is 0 Å². The maximum absolute atomic E-state index is 8.81. The molecule has 0 aliphatic heterocycles. The Kier molecular flexibility index (Phi) is 87.6. The van der Waals surface area contributed by atoms with Crippen LogP contribution in [0.15, 0.2) is 0 Å². The third-order valence-corrected chi connectivity index (χ3v) is 0. The Labute approximate surface area is 50.7 Å². The second kappa shape index (κ2) is 38.9. The number of halogens is 1. The Bertz CT molecular complexity index is 25.7. The highest BCUT2D eigenvalue weighted by molar-refractivity contribution is 5.85. The van der Waals surface area contributed by atoms with Gasteiger partial charge < -0.3 is 10.1 Å². The first-order valence-electron chi connectivity index (χ1n) is 1.81. The summed E-state index contributed by atoms with van der Waals surface area (Å²) in [4.78, 5) is 8.81. The van der Waals surface area contributed by atoms with Crippen molar-refractivity contribution in [3.63, 3.8) is 0 Å². The molecule has 0 unspecified atom stereocenters. The molecular weight excluding hydrogens is 114 g/mol. The maximum Gasteiger partial charge on any atom is 0.116 e. The van der Waals surface area contributed by atoms with E-state index in [0.29, 0.717) is 0 Å². The fourth-order valence-electron chi connectivity index (χ4n) is 0. The minimum atomic E-state index is 0. The highest BCUT2D eigenvalue weighted by Crippen LogP contribution is 1.13. The van der Waals surface area contributed by atoms with Crippen LogP contribution in [-0.4, -0.2) is 20.4 Å². The number of carbonyl (C=O) groups excluding carboxylic acids is 1. The van der Waals surface area contributed by atoms with Crippen LogP contribution in [0.3, 0.4) is 0 Å². The lowest BCUT2D eigenvalue weighted by Gasteiger charge is -1.59. The van der Waals surface area contributed by atoms with E-state index in [9.17, 15) is 0 Å². The van der Waals surface area contributed by atoms with Crippen molar-refractivity contribution in [2.45, 2.75) is 6.92 Å². The summed E-state index contributed by atoms with van der Waals surface area (Å²) in [6.07, 6.45) is 0.750. The smallest absolute Gasteiger partial charge is 0.116 e. The van der Waals surface area contributed by atoms with Crippen molar-refractivity contribution in [3.8, 4) is 0 Å². The summed E-state index contributed by atoms with van der Waals surface area (Å²) in [5.74, 6) is 0. The third kappa shape index (κ3) is 14200. The Balaban J connectivity index is -0.0000000400. The van der Waals surface area contributed by atoms with E-state index >= 15 is 0 Å².